The molecule has 17 heavy (non-hydrogen) atoms. The zero-order valence-electron chi connectivity index (χ0n) is 9.11. The second kappa shape index (κ2) is 5.11. The van der Waals surface area contributed by atoms with Crippen LogP contribution in [0.3, 0.4) is 0 Å². The molecule has 1 aromatic rings. The summed E-state index contributed by atoms with van der Waals surface area (Å²) in [6, 6.07) is 9.74. The Balaban J connectivity index is 2.08. The third kappa shape index (κ3) is 3.04. The summed E-state index contributed by atoms with van der Waals surface area (Å²) in [5.41, 5.74) is 1.04. The molecule has 0 bridgehead atoms. The Morgan fingerprint density at radius 3 is 2.88 bits per heavy atom. The fourth-order valence-electron chi connectivity index (χ4n) is 1.55. The SMILES string of the molecule is O=[N+]([O-])/N=C1\NCCN1/C=C/c1ccccc1. The maximum atomic E-state index is 10.3. The summed E-state index contributed by atoms with van der Waals surface area (Å²) < 4.78 is 0. The first-order chi connectivity index (χ1) is 8.25. The highest BCUT2D eigenvalue weighted by atomic mass is 16.7. The largest absolute Gasteiger partial charge is 0.349 e. The van der Waals surface area contributed by atoms with Crippen LogP contribution in [-0.2, 0) is 0 Å². The molecule has 0 amide bonds. The highest BCUT2D eigenvalue weighted by Crippen LogP contribution is 2.05. The first kappa shape index (κ1) is 11.1. The van der Waals surface area contributed by atoms with E-state index in [9.17, 15) is 10.1 Å². The van der Waals surface area contributed by atoms with Crippen molar-refractivity contribution in [1.29, 1.82) is 0 Å². The molecule has 88 valence electrons. The Labute approximate surface area is 98.4 Å². The van der Waals surface area contributed by atoms with E-state index >= 15 is 0 Å². The molecule has 0 atom stereocenters. The quantitative estimate of drug-likeness (QED) is 0.626. The minimum absolute atomic E-state index is 0.280. The van der Waals surface area contributed by atoms with Crippen LogP contribution in [0.15, 0.2) is 41.6 Å². The van der Waals surface area contributed by atoms with Crippen molar-refractivity contribution in [2.24, 2.45) is 5.10 Å². The van der Waals surface area contributed by atoms with Gasteiger partial charge in [0.15, 0.2) is 5.03 Å². The molecule has 1 aromatic carbocycles. The van der Waals surface area contributed by atoms with Gasteiger partial charge in [0.05, 0.1) is 0 Å². The second-order valence-electron chi connectivity index (χ2n) is 3.51. The van der Waals surface area contributed by atoms with E-state index in [2.05, 4.69) is 10.4 Å². The number of hydrogen-bond donors (Lipinski definition) is 1. The molecule has 6 heteroatoms. The average molecular weight is 232 g/mol. The van der Waals surface area contributed by atoms with Gasteiger partial charge in [0, 0.05) is 19.3 Å². The Morgan fingerprint density at radius 1 is 1.41 bits per heavy atom. The molecule has 0 aromatic heterocycles. The van der Waals surface area contributed by atoms with Crippen LogP contribution < -0.4 is 5.32 Å². The van der Waals surface area contributed by atoms with E-state index in [0.29, 0.717) is 13.1 Å². The van der Waals surface area contributed by atoms with Crippen molar-refractivity contribution in [1.82, 2.24) is 10.2 Å². The second-order valence-corrected chi connectivity index (χ2v) is 3.51. The van der Waals surface area contributed by atoms with Crippen molar-refractivity contribution in [3.8, 4) is 0 Å². The smallest absolute Gasteiger partial charge is 0.275 e. The van der Waals surface area contributed by atoms with E-state index in [1.54, 1.807) is 11.1 Å². The van der Waals surface area contributed by atoms with Crippen molar-refractivity contribution in [3.63, 3.8) is 0 Å². The van der Waals surface area contributed by atoms with Gasteiger partial charge in [-0.3, -0.25) is 0 Å². The van der Waals surface area contributed by atoms with Crippen molar-refractivity contribution in [2.75, 3.05) is 13.1 Å². The third-order valence-corrected chi connectivity index (χ3v) is 2.33. The van der Waals surface area contributed by atoms with Crippen molar-refractivity contribution >= 4 is 12.0 Å². The zero-order chi connectivity index (χ0) is 12.1. The molecule has 6 nitrogen and oxygen atoms in total. The fraction of sp³-hybridized carbons (Fsp3) is 0.182. The molecule has 0 radical (unpaired) electrons. The van der Waals surface area contributed by atoms with Crippen LogP contribution in [0.4, 0.5) is 0 Å². The molecule has 1 aliphatic heterocycles. The Kier molecular flexibility index (Phi) is 3.34. The maximum Gasteiger partial charge on any atom is 0.275 e. The molecule has 0 aliphatic carbocycles. The number of benzene rings is 1. The van der Waals surface area contributed by atoms with E-state index in [1.807, 2.05) is 36.4 Å². The molecular weight excluding hydrogens is 220 g/mol. The molecule has 2 rings (SSSR count). The monoisotopic (exact) mass is 232 g/mol. The number of hydrogen-bond acceptors (Lipinski definition) is 2. The van der Waals surface area contributed by atoms with Gasteiger partial charge < -0.3 is 10.2 Å². The molecule has 1 fully saturated rings. The van der Waals surface area contributed by atoms with Crippen molar-refractivity contribution in [3.05, 3.63) is 52.2 Å². The lowest BCUT2D eigenvalue weighted by Crippen LogP contribution is -2.26. The minimum Gasteiger partial charge on any atom is -0.349 e. The highest BCUT2D eigenvalue weighted by molar-refractivity contribution is 5.82. The molecule has 1 aliphatic rings. The van der Waals surface area contributed by atoms with Gasteiger partial charge in [0.25, 0.3) is 5.96 Å². The first-order valence-corrected chi connectivity index (χ1v) is 5.22. The lowest BCUT2D eigenvalue weighted by molar-refractivity contribution is -0.485. The predicted octanol–water partition coefficient (Wildman–Crippen LogP) is 1.11. The van der Waals surface area contributed by atoms with Gasteiger partial charge in [-0.05, 0) is 11.6 Å². The van der Waals surface area contributed by atoms with Gasteiger partial charge in [-0.25, -0.2) is 10.1 Å². The molecule has 0 saturated carbocycles. The highest BCUT2D eigenvalue weighted by Gasteiger charge is 2.18. The summed E-state index contributed by atoms with van der Waals surface area (Å²) in [5.74, 6) is 0.280. The van der Waals surface area contributed by atoms with Crippen LogP contribution in [-0.4, -0.2) is 29.0 Å². The molecule has 0 spiro atoms. The van der Waals surface area contributed by atoms with Gasteiger partial charge in [0.1, 0.15) is 5.10 Å². The van der Waals surface area contributed by atoms with Gasteiger partial charge in [-0.2, -0.15) is 0 Å². The predicted molar refractivity (Wildman–Crippen MR) is 64.6 cm³/mol. The van der Waals surface area contributed by atoms with Gasteiger partial charge in [0.2, 0.25) is 0 Å². The third-order valence-electron chi connectivity index (χ3n) is 2.33. The topological polar surface area (TPSA) is 70.8 Å². The van der Waals surface area contributed by atoms with Gasteiger partial charge >= 0.3 is 0 Å². The molecular formula is C11H12N4O2. The summed E-state index contributed by atoms with van der Waals surface area (Å²) in [5, 5.41) is 15.7. The van der Waals surface area contributed by atoms with Gasteiger partial charge in [-0.1, -0.05) is 30.3 Å². The number of guanidine groups is 1. The van der Waals surface area contributed by atoms with E-state index in [1.165, 1.54) is 0 Å². The maximum absolute atomic E-state index is 10.3. The van der Waals surface area contributed by atoms with Gasteiger partial charge in [-0.15, -0.1) is 0 Å². The standard InChI is InChI=1S/C11H12N4O2/c16-15(17)13-11-12-7-9-14(11)8-6-10-4-2-1-3-5-10/h1-6,8H,7,9H2,(H,12,13)/b8-6+. The Morgan fingerprint density at radius 2 is 2.18 bits per heavy atom. The van der Waals surface area contributed by atoms with Crippen LogP contribution in [0.5, 0.6) is 0 Å². The van der Waals surface area contributed by atoms with Crippen molar-refractivity contribution < 1.29 is 5.03 Å². The summed E-state index contributed by atoms with van der Waals surface area (Å²) >= 11 is 0. The zero-order valence-corrected chi connectivity index (χ0v) is 9.11. The van der Waals surface area contributed by atoms with E-state index < -0.39 is 5.03 Å². The lowest BCUT2D eigenvalue weighted by atomic mass is 10.2. The molecule has 1 heterocycles. The summed E-state index contributed by atoms with van der Waals surface area (Å²) in [6.07, 6.45) is 3.68. The number of nitrogens with zero attached hydrogens (tertiary/aromatic N) is 3. The number of nitro groups is 1. The average Bonchev–Trinajstić information content (AvgIpc) is 2.74. The summed E-state index contributed by atoms with van der Waals surface area (Å²) in [6.45, 7) is 1.34. The van der Waals surface area contributed by atoms with E-state index in [4.69, 9.17) is 0 Å². The first-order valence-electron chi connectivity index (χ1n) is 5.22. The van der Waals surface area contributed by atoms with E-state index in [-0.39, 0.29) is 5.96 Å². The minimum atomic E-state index is -0.697. The summed E-state index contributed by atoms with van der Waals surface area (Å²) in [7, 11) is 0. The number of nitrogens with one attached hydrogen (secondary N) is 1. The summed E-state index contributed by atoms with van der Waals surface area (Å²) in [4.78, 5) is 12.0. The normalized spacial score (nSPS) is 17.6. The van der Waals surface area contributed by atoms with Crippen LogP contribution in [0.1, 0.15) is 5.56 Å². The molecule has 1 saturated heterocycles. The van der Waals surface area contributed by atoms with Crippen LogP contribution in [0.2, 0.25) is 0 Å². The lowest BCUT2D eigenvalue weighted by Gasteiger charge is -2.08. The Bertz CT molecular complexity index is 456. The van der Waals surface area contributed by atoms with Crippen LogP contribution in [0, 0.1) is 10.1 Å². The number of hydrazone groups is 1. The number of rotatable bonds is 3. The van der Waals surface area contributed by atoms with Crippen molar-refractivity contribution in [2.45, 2.75) is 0 Å². The van der Waals surface area contributed by atoms with Crippen LogP contribution >= 0.6 is 0 Å². The molecule has 1 N–H and O–H groups in total. The molecule has 0 unspecified atom stereocenters. The fourth-order valence-corrected chi connectivity index (χ4v) is 1.55. The van der Waals surface area contributed by atoms with Crippen LogP contribution in [0.25, 0.3) is 6.08 Å². The Hall–Kier alpha value is -2.37. The van der Waals surface area contributed by atoms with E-state index in [0.717, 1.165) is 5.56 Å².